The van der Waals surface area contributed by atoms with E-state index in [9.17, 15) is 4.79 Å². The number of benzene rings is 1. The fourth-order valence-corrected chi connectivity index (χ4v) is 2.53. The monoisotopic (exact) mass is 228 g/mol. The second-order valence-electron chi connectivity index (χ2n) is 4.68. The van der Waals surface area contributed by atoms with Gasteiger partial charge in [-0.2, -0.15) is 5.26 Å². The van der Waals surface area contributed by atoms with Crippen LogP contribution < -0.4 is 4.90 Å². The van der Waals surface area contributed by atoms with Crippen molar-refractivity contribution in [3.63, 3.8) is 0 Å². The number of anilines is 1. The first-order valence-electron chi connectivity index (χ1n) is 5.84. The molecule has 1 amide bonds. The Morgan fingerprint density at radius 3 is 2.41 bits per heavy atom. The Morgan fingerprint density at radius 1 is 1.35 bits per heavy atom. The van der Waals surface area contributed by atoms with E-state index >= 15 is 0 Å². The van der Waals surface area contributed by atoms with Crippen molar-refractivity contribution >= 4 is 11.6 Å². The van der Waals surface area contributed by atoms with E-state index in [2.05, 4.69) is 6.07 Å². The van der Waals surface area contributed by atoms with Gasteiger partial charge >= 0.3 is 0 Å². The van der Waals surface area contributed by atoms with Crippen molar-refractivity contribution in [3.8, 4) is 6.07 Å². The van der Waals surface area contributed by atoms with Crippen LogP contribution in [0.3, 0.4) is 0 Å². The van der Waals surface area contributed by atoms with Gasteiger partial charge in [0.15, 0.2) is 0 Å². The van der Waals surface area contributed by atoms with E-state index in [1.165, 1.54) is 0 Å². The Balaban J connectivity index is 2.48. The second-order valence-corrected chi connectivity index (χ2v) is 4.68. The quantitative estimate of drug-likeness (QED) is 0.741. The van der Waals surface area contributed by atoms with Gasteiger partial charge in [-0.25, -0.2) is 0 Å². The highest BCUT2D eigenvalue weighted by Crippen LogP contribution is 2.34. The van der Waals surface area contributed by atoms with E-state index < -0.39 is 0 Å². The van der Waals surface area contributed by atoms with Crippen molar-refractivity contribution in [2.24, 2.45) is 5.92 Å². The average molecular weight is 228 g/mol. The topological polar surface area (TPSA) is 44.1 Å². The summed E-state index contributed by atoms with van der Waals surface area (Å²) in [4.78, 5) is 13.8. The van der Waals surface area contributed by atoms with Crippen molar-refractivity contribution < 1.29 is 4.79 Å². The third-order valence-electron chi connectivity index (χ3n) is 3.50. The van der Waals surface area contributed by atoms with Gasteiger partial charge in [0.25, 0.3) is 0 Å². The summed E-state index contributed by atoms with van der Waals surface area (Å²) in [5.74, 6) is -0.136. The van der Waals surface area contributed by atoms with Crippen LogP contribution in [0.4, 0.5) is 5.69 Å². The van der Waals surface area contributed by atoms with Crippen molar-refractivity contribution in [1.82, 2.24) is 0 Å². The minimum absolute atomic E-state index is 0.0349. The molecule has 0 aromatic heterocycles. The molecule has 1 aliphatic rings. The molecule has 17 heavy (non-hydrogen) atoms. The lowest BCUT2D eigenvalue weighted by Gasteiger charge is -2.26. The first-order valence-corrected chi connectivity index (χ1v) is 5.84. The summed E-state index contributed by atoms with van der Waals surface area (Å²) in [6.45, 7) is 5.95. The molecule has 1 fully saturated rings. The molecule has 0 N–H and O–H groups in total. The molecule has 1 heterocycles. The largest absolute Gasteiger partial charge is 0.308 e. The third-order valence-corrected chi connectivity index (χ3v) is 3.50. The van der Waals surface area contributed by atoms with Crippen LogP contribution in [-0.4, -0.2) is 11.9 Å². The summed E-state index contributed by atoms with van der Waals surface area (Å²) in [5, 5.41) is 9.03. The summed E-state index contributed by atoms with van der Waals surface area (Å²) < 4.78 is 0. The van der Waals surface area contributed by atoms with Crippen LogP contribution in [0.5, 0.6) is 0 Å². The molecule has 1 aromatic rings. The predicted molar refractivity (Wildman–Crippen MR) is 66.6 cm³/mol. The molecular formula is C14H16N2O. The molecule has 1 aromatic carbocycles. The van der Waals surface area contributed by atoms with Crippen molar-refractivity contribution in [2.75, 3.05) is 4.90 Å². The highest BCUT2D eigenvalue weighted by molar-refractivity contribution is 5.98. The Bertz CT molecular complexity index is 481. The van der Waals surface area contributed by atoms with Crippen molar-refractivity contribution in [2.45, 2.75) is 33.2 Å². The fraction of sp³-hybridized carbons (Fsp3) is 0.429. The lowest BCUT2D eigenvalue weighted by Crippen LogP contribution is -2.33. The predicted octanol–water partition coefficient (Wildman–Crippen LogP) is 2.57. The number of carbonyl (C=O) groups excluding carboxylic acids is 1. The SMILES string of the molecule is Cc1cccc(C)c1N1C(=O)CC(C#N)C1C. The number of nitriles is 1. The molecule has 1 saturated heterocycles. The molecule has 3 heteroatoms. The molecule has 1 aliphatic heterocycles. The first kappa shape index (κ1) is 11.7. The zero-order valence-corrected chi connectivity index (χ0v) is 10.4. The molecule has 0 saturated carbocycles. The van der Waals surface area contributed by atoms with Crippen molar-refractivity contribution in [1.29, 1.82) is 5.26 Å². The van der Waals surface area contributed by atoms with Gasteiger partial charge in [-0.15, -0.1) is 0 Å². The zero-order chi connectivity index (χ0) is 12.6. The number of nitrogens with zero attached hydrogens (tertiary/aromatic N) is 2. The van der Waals surface area contributed by atoms with E-state index in [0.717, 1.165) is 16.8 Å². The number of hydrogen-bond donors (Lipinski definition) is 0. The standard InChI is InChI=1S/C14H16N2O/c1-9-5-4-6-10(2)14(9)16-11(3)12(8-15)7-13(16)17/h4-6,11-12H,7H2,1-3H3. The maximum atomic E-state index is 12.0. The van der Waals surface area contributed by atoms with Crippen LogP contribution in [0.1, 0.15) is 24.5 Å². The smallest absolute Gasteiger partial charge is 0.228 e. The van der Waals surface area contributed by atoms with Gasteiger partial charge in [-0.05, 0) is 31.9 Å². The lowest BCUT2D eigenvalue weighted by molar-refractivity contribution is -0.117. The summed E-state index contributed by atoms with van der Waals surface area (Å²) >= 11 is 0. The number of para-hydroxylation sites is 1. The van der Waals surface area contributed by atoms with Crippen LogP contribution in [0.2, 0.25) is 0 Å². The first-order chi connectivity index (χ1) is 8.06. The number of hydrogen-bond acceptors (Lipinski definition) is 2. The van der Waals surface area contributed by atoms with Gasteiger partial charge in [0.05, 0.1) is 18.0 Å². The summed E-state index contributed by atoms with van der Waals surface area (Å²) in [6.07, 6.45) is 0.339. The molecule has 3 nitrogen and oxygen atoms in total. The third kappa shape index (κ3) is 1.80. The van der Waals surface area contributed by atoms with Crippen LogP contribution in [0.15, 0.2) is 18.2 Å². The zero-order valence-electron chi connectivity index (χ0n) is 10.4. The van der Waals surface area contributed by atoms with E-state index in [1.54, 1.807) is 4.90 Å². The lowest BCUT2D eigenvalue weighted by atomic mass is 10.0. The van der Waals surface area contributed by atoms with Gasteiger partial charge in [0, 0.05) is 12.1 Å². The number of rotatable bonds is 1. The Morgan fingerprint density at radius 2 is 1.94 bits per heavy atom. The minimum atomic E-state index is -0.193. The molecule has 0 aliphatic carbocycles. The van der Waals surface area contributed by atoms with Gasteiger partial charge in [0.2, 0.25) is 5.91 Å². The highest BCUT2D eigenvalue weighted by Gasteiger charge is 2.38. The van der Waals surface area contributed by atoms with Gasteiger partial charge in [-0.3, -0.25) is 4.79 Å². The van der Waals surface area contributed by atoms with Crippen molar-refractivity contribution in [3.05, 3.63) is 29.3 Å². The number of carbonyl (C=O) groups is 1. The van der Waals surface area contributed by atoms with Gasteiger partial charge < -0.3 is 4.90 Å². The van der Waals surface area contributed by atoms with Gasteiger partial charge in [0.1, 0.15) is 0 Å². The van der Waals surface area contributed by atoms with E-state index in [-0.39, 0.29) is 17.9 Å². The molecule has 0 bridgehead atoms. The average Bonchev–Trinajstić information content (AvgIpc) is 2.56. The number of amides is 1. The van der Waals surface area contributed by atoms with Crippen LogP contribution in [0.25, 0.3) is 0 Å². The molecule has 0 radical (unpaired) electrons. The Hall–Kier alpha value is -1.82. The van der Waals surface area contributed by atoms with Crippen LogP contribution in [0, 0.1) is 31.1 Å². The van der Waals surface area contributed by atoms with E-state index in [1.807, 2.05) is 39.0 Å². The Labute approximate surface area is 102 Å². The molecule has 2 unspecified atom stereocenters. The molecule has 88 valence electrons. The summed E-state index contributed by atoms with van der Waals surface area (Å²) in [6, 6.07) is 8.18. The Kier molecular flexibility index (Phi) is 2.89. The maximum Gasteiger partial charge on any atom is 0.228 e. The molecule has 2 rings (SSSR count). The molecule has 2 atom stereocenters. The van der Waals surface area contributed by atoms with E-state index in [0.29, 0.717) is 6.42 Å². The minimum Gasteiger partial charge on any atom is -0.308 e. The normalized spacial score (nSPS) is 23.9. The second kappa shape index (κ2) is 4.21. The fourth-order valence-electron chi connectivity index (χ4n) is 2.53. The summed E-state index contributed by atoms with van der Waals surface area (Å²) in [7, 11) is 0. The molecule has 0 spiro atoms. The molecular weight excluding hydrogens is 212 g/mol. The highest BCUT2D eigenvalue weighted by atomic mass is 16.2. The van der Waals surface area contributed by atoms with Crippen LogP contribution >= 0.6 is 0 Å². The summed E-state index contributed by atoms with van der Waals surface area (Å²) in [5.41, 5.74) is 3.15. The van der Waals surface area contributed by atoms with E-state index in [4.69, 9.17) is 5.26 Å². The van der Waals surface area contributed by atoms with Crippen LogP contribution in [-0.2, 0) is 4.79 Å². The number of aryl methyl sites for hydroxylation is 2. The maximum absolute atomic E-state index is 12.0. The van der Waals surface area contributed by atoms with Gasteiger partial charge in [-0.1, -0.05) is 18.2 Å².